The van der Waals surface area contributed by atoms with Gasteiger partial charge in [0.05, 0.1) is 5.69 Å². The molecule has 0 saturated carbocycles. The maximum absolute atomic E-state index is 12.4. The Morgan fingerprint density at radius 3 is 2.62 bits per heavy atom. The third-order valence-corrected chi connectivity index (χ3v) is 3.86. The zero-order chi connectivity index (χ0) is 17.9. The van der Waals surface area contributed by atoms with Crippen LogP contribution in [0.3, 0.4) is 0 Å². The number of carbonyl (C=O) groups excluding carboxylic acids is 2. The molecule has 0 bridgehead atoms. The largest absolute Gasteiger partial charge is 0.449 e. The Morgan fingerprint density at radius 2 is 2.00 bits per heavy atom. The zero-order valence-corrected chi connectivity index (χ0v) is 15.5. The van der Waals surface area contributed by atoms with E-state index < -0.39 is 18.0 Å². The summed E-state index contributed by atoms with van der Waals surface area (Å²) in [5.41, 5.74) is 1.34. The van der Waals surface area contributed by atoms with Crippen LogP contribution in [-0.4, -0.2) is 23.1 Å². The van der Waals surface area contributed by atoms with Crippen molar-refractivity contribution in [3.05, 3.63) is 45.8 Å². The van der Waals surface area contributed by atoms with Crippen molar-refractivity contribution in [3.63, 3.8) is 0 Å². The van der Waals surface area contributed by atoms with Gasteiger partial charge < -0.3 is 14.6 Å². The lowest BCUT2D eigenvalue weighted by Gasteiger charge is -2.14. The highest BCUT2D eigenvalue weighted by atomic mass is 79.9. The molecule has 2 rings (SSSR count). The number of hydrogen-bond acceptors (Lipinski definition) is 5. The number of rotatable bonds is 5. The molecule has 0 fully saturated rings. The van der Waals surface area contributed by atoms with Crippen molar-refractivity contribution in [1.82, 2.24) is 5.16 Å². The molecule has 1 aromatic heterocycles. The molecule has 128 valence electrons. The van der Waals surface area contributed by atoms with Crippen LogP contribution >= 0.6 is 15.9 Å². The zero-order valence-electron chi connectivity index (χ0n) is 13.9. The summed E-state index contributed by atoms with van der Waals surface area (Å²) in [6.45, 7) is 6.96. The first kappa shape index (κ1) is 18.2. The molecule has 0 aliphatic rings. The van der Waals surface area contributed by atoms with Crippen molar-refractivity contribution in [3.8, 4) is 0 Å². The molecule has 1 amide bonds. The van der Waals surface area contributed by atoms with Gasteiger partial charge in [0.1, 0.15) is 5.56 Å². The average molecular weight is 395 g/mol. The number of ether oxygens (including phenoxy) is 1. The van der Waals surface area contributed by atoms with Gasteiger partial charge in [0.15, 0.2) is 11.9 Å². The van der Waals surface area contributed by atoms with Crippen LogP contribution in [0.5, 0.6) is 0 Å². The topological polar surface area (TPSA) is 81.4 Å². The summed E-state index contributed by atoms with van der Waals surface area (Å²) >= 11 is 3.33. The van der Waals surface area contributed by atoms with E-state index in [1.807, 2.05) is 19.9 Å². The van der Waals surface area contributed by atoms with Gasteiger partial charge in [-0.2, -0.15) is 0 Å². The van der Waals surface area contributed by atoms with Crippen LogP contribution < -0.4 is 5.32 Å². The fourth-order valence-electron chi connectivity index (χ4n) is 2.11. The molecular formula is C17H19BrN2O4. The number of carbonyl (C=O) groups is 2. The number of nitrogens with zero attached hydrogens (tertiary/aromatic N) is 1. The molecular weight excluding hydrogens is 376 g/mol. The first-order valence-electron chi connectivity index (χ1n) is 7.53. The Balaban J connectivity index is 2.06. The summed E-state index contributed by atoms with van der Waals surface area (Å²) in [7, 11) is 0. The van der Waals surface area contributed by atoms with Gasteiger partial charge in [-0.3, -0.25) is 4.79 Å². The third-order valence-electron chi connectivity index (χ3n) is 3.36. The van der Waals surface area contributed by atoms with Gasteiger partial charge in [0.2, 0.25) is 0 Å². The second kappa shape index (κ2) is 7.61. The number of anilines is 1. The number of aryl methyl sites for hydroxylation is 1. The Labute approximate surface area is 148 Å². The number of aromatic nitrogens is 1. The van der Waals surface area contributed by atoms with Crippen molar-refractivity contribution in [2.75, 3.05) is 5.32 Å². The normalized spacial score (nSPS) is 12.1. The van der Waals surface area contributed by atoms with Crippen molar-refractivity contribution in [1.29, 1.82) is 0 Å². The van der Waals surface area contributed by atoms with Crippen LogP contribution in [0.4, 0.5) is 5.69 Å². The molecule has 1 aromatic carbocycles. The minimum Gasteiger partial charge on any atom is -0.449 e. The highest BCUT2D eigenvalue weighted by molar-refractivity contribution is 9.10. The quantitative estimate of drug-likeness (QED) is 0.773. The predicted octanol–water partition coefficient (Wildman–Crippen LogP) is 4.05. The smallest absolute Gasteiger partial charge is 0.344 e. The van der Waals surface area contributed by atoms with Crippen molar-refractivity contribution in [2.24, 2.45) is 0 Å². The first-order chi connectivity index (χ1) is 11.3. The van der Waals surface area contributed by atoms with Crippen LogP contribution in [0.25, 0.3) is 0 Å². The lowest BCUT2D eigenvalue weighted by atomic mass is 10.1. The van der Waals surface area contributed by atoms with Gasteiger partial charge in [-0.25, -0.2) is 4.79 Å². The number of esters is 1. The van der Waals surface area contributed by atoms with Crippen LogP contribution in [0.15, 0.2) is 33.3 Å². The van der Waals surface area contributed by atoms with Gasteiger partial charge >= 0.3 is 5.97 Å². The Kier molecular flexibility index (Phi) is 5.77. The first-order valence-corrected chi connectivity index (χ1v) is 8.32. The Hall–Kier alpha value is -2.15. The second-order valence-corrected chi connectivity index (χ2v) is 6.62. The lowest BCUT2D eigenvalue weighted by Crippen LogP contribution is -2.30. The second-order valence-electron chi connectivity index (χ2n) is 5.71. The number of halogens is 1. The van der Waals surface area contributed by atoms with Crippen molar-refractivity contribution in [2.45, 2.75) is 39.7 Å². The van der Waals surface area contributed by atoms with E-state index in [1.165, 1.54) is 6.92 Å². The SMILES string of the molecule is Cc1noc(C(C)C)c1C(=O)O[C@H](C)C(=O)Nc1cccc(Br)c1. The molecule has 1 heterocycles. The molecule has 0 spiro atoms. The van der Waals surface area contributed by atoms with E-state index in [-0.39, 0.29) is 11.5 Å². The van der Waals surface area contributed by atoms with Crippen LogP contribution in [0.1, 0.15) is 48.5 Å². The van der Waals surface area contributed by atoms with E-state index in [0.717, 1.165) is 4.47 Å². The predicted molar refractivity (Wildman–Crippen MR) is 93.0 cm³/mol. The third kappa shape index (κ3) is 4.23. The molecule has 0 saturated heterocycles. The van der Waals surface area contributed by atoms with E-state index in [2.05, 4.69) is 26.4 Å². The molecule has 2 aromatic rings. The molecule has 0 aliphatic heterocycles. The molecule has 24 heavy (non-hydrogen) atoms. The van der Waals surface area contributed by atoms with Gasteiger partial charge in [-0.15, -0.1) is 0 Å². The van der Waals surface area contributed by atoms with Gasteiger partial charge in [-0.05, 0) is 32.0 Å². The van der Waals surface area contributed by atoms with Crippen LogP contribution in [-0.2, 0) is 9.53 Å². The summed E-state index contributed by atoms with van der Waals surface area (Å²) in [5.74, 6) is -0.590. The van der Waals surface area contributed by atoms with Crippen molar-refractivity contribution >= 4 is 33.5 Å². The molecule has 7 heteroatoms. The van der Waals surface area contributed by atoms with E-state index in [4.69, 9.17) is 9.26 Å². The molecule has 0 aliphatic carbocycles. The van der Waals surface area contributed by atoms with Crippen molar-refractivity contribution < 1.29 is 18.8 Å². The standard InChI is InChI=1S/C17H19BrN2O4/c1-9(2)15-14(10(3)20-24-15)17(22)23-11(4)16(21)19-13-7-5-6-12(18)8-13/h5-9,11H,1-4H3,(H,19,21)/t11-/m1/s1. The number of amides is 1. The van der Waals surface area contributed by atoms with Gasteiger partial charge in [0, 0.05) is 16.1 Å². The summed E-state index contributed by atoms with van der Waals surface area (Å²) in [6, 6.07) is 7.15. The van der Waals surface area contributed by atoms with Gasteiger partial charge in [-0.1, -0.05) is 41.0 Å². The molecule has 6 nitrogen and oxygen atoms in total. The minimum atomic E-state index is -0.953. The Morgan fingerprint density at radius 1 is 1.29 bits per heavy atom. The van der Waals surface area contributed by atoms with Crippen LogP contribution in [0, 0.1) is 6.92 Å². The Bertz CT molecular complexity index is 755. The maximum atomic E-state index is 12.4. The number of benzene rings is 1. The summed E-state index contributed by atoms with van der Waals surface area (Å²) in [6.07, 6.45) is -0.953. The molecule has 0 radical (unpaired) electrons. The fourth-order valence-corrected chi connectivity index (χ4v) is 2.51. The fraction of sp³-hybridized carbons (Fsp3) is 0.353. The van der Waals surface area contributed by atoms with E-state index >= 15 is 0 Å². The van der Waals surface area contributed by atoms with Crippen LogP contribution in [0.2, 0.25) is 0 Å². The number of hydrogen-bond donors (Lipinski definition) is 1. The summed E-state index contributed by atoms with van der Waals surface area (Å²) < 4.78 is 11.3. The summed E-state index contributed by atoms with van der Waals surface area (Å²) in [4.78, 5) is 24.6. The highest BCUT2D eigenvalue weighted by Crippen LogP contribution is 2.23. The monoisotopic (exact) mass is 394 g/mol. The minimum absolute atomic E-state index is 0.0143. The average Bonchev–Trinajstić information content (AvgIpc) is 2.89. The van der Waals surface area contributed by atoms with Gasteiger partial charge in [0.25, 0.3) is 5.91 Å². The molecule has 1 N–H and O–H groups in total. The van der Waals surface area contributed by atoms with E-state index in [9.17, 15) is 9.59 Å². The van der Waals surface area contributed by atoms with E-state index in [1.54, 1.807) is 25.1 Å². The maximum Gasteiger partial charge on any atom is 0.344 e. The number of nitrogens with one attached hydrogen (secondary N) is 1. The lowest BCUT2D eigenvalue weighted by molar-refractivity contribution is -0.123. The summed E-state index contributed by atoms with van der Waals surface area (Å²) in [5, 5.41) is 6.51. The van der Waals surface area contributed by atoms with E-state index in [0.29, 0.717) is 17.1 Å². The molecule has 0 unspecified atom stereocenters. The highest BCUT2D eigenvalue weighted by Gasteiger charge is 2.27. The molecule has 1 atom stereocenters.